The average Bonchev–Trinajstić information content (AvgIpc) is 2.87. The summed E-state index contributed by atoms with van der Waals surface area (Å²) < 4.78 is 9.42. The van der Waals surface area contributed by atoms with E-state index >= 15 is 0 Å². The number of halogens is 2. The van der Waals surface area contributed by atoms with Crippen LogP contribution < -0.4 is 5.49 Å². The van der Waals surface area contributed by atoms with Crippen LogP contribution in [-0.4, -0.2) is 28.5 Å². The molecular weight excluding hydrogens is 373 g/mol. The first kappa shape index (κ1) is 20.7. The molecule has 1 aromatic carbocycles. The lowest BCUT2D eigenvalue weighted by atomic mass is 9.92. The Morgan fingerprint density at radius 2 is 1.96 bits per heavy atom. The molecule has 0 saturated heterocycles. The molecule has 7 heteroatoms. The van der Waals surface area contributed by atoms with Crippen LogP contribution in [0.4, 0.5) is 0 Å². The molecule has 0 radical (unpaired) electrons. The second-order valence-electron chi connectivity index (χ2n) is 7.00. The lowest BCUT2D eigenvalue weighted by Gasteiger charge is -2.20. The number of ether oxygens (including phenoxy) is 1. The largest absolute Gasteiger partial charge is 0.380 e. The van der Waals surface area contributed by atoms with Crippen LogP contribution in [0.1, 0.15) is 43.7 Å². The number of carbonyl (C=O) groups is 1. The molecule has 142 valence electrons. The van der Waals surface area contributed by atoms with Crippen LogP contribution >= 0.6 is 23.2 Å². The number of carbonyl (C=O) groups excluding carboxylic acids is 1. The van der Waals surface area contributed by atoms with Crippen molar-refractivity contribution in [3.05, 3.63) is 51.1 Å². The summed E-state index contributed by atoms with van der Waals surface area (Å²) in [7, 11) is 1.96. The summed E-state index contributed by atoms with van der Waals surface area (Å²) in [6.45, 7) is 10.1. The zero-order valence-electron chi connectivity index (χ0n) is 15.8. The predicted molar refractivity (Wildman–Crippen MR) is 105 cm³/mol. The third kappa shape index (κ3) is 4.58. The topological polar surface area (TPSA) is 48.5 Å². The Balaban J connectivity index is 2.53. The third-order valence-corrected chi connectivity index (χ3v) is 4.88. The highest BCUT2D eigenvalue weighted by molar-refractivity contribution is 6.43. The quantitative estimate of drug-likeness (QED) is 0.709. The van der Waals surface area contributed by atoms with Gasteiger partial charge in [-0.25, -0.2) is 0 Å². The van der Waals surface area contributed by atoms with E-state index in [1.54, 1.807) is 18.2 Å². The van der Waals surface area contributed by atoms with Gasteiger partial charge in [-0.05, 0) is 19.1 Å². The Morgan fingerprint density at radius 1 is 1.27 bits per heavy atom. The molecule has 0 aliphatic rings. The molecule has 1 heterocycles. The van der Waals surface area contributed by atoms with Gasteiger partial charge in [-0.1, -0.05) is 50.0 Å². The SMILES string of the molecule is CCOCCn1c(=NC(=O)c2cccc(Cl)c2Cl)cc(C(C)(C)C)n1C. The third-order valence-electron chi connectivity index (χ3n) is 4.06. The van der Waals surface area contributed by atoms with E-state index < -0.39 is 5.91 Å². The van der Waals surface area contributed by atoms with Gasteiger partial charge in [-0.2, -0.15) is 4.99 Å². The Labute approximate surface area is 164 Å². The van der Waals surface area contributed by atoms with E-state index in [1.807, 2.05) is 29.4 Å². The lowest BCUT2D eigenvalue weighted by Crippen LogP contribution is -2.27. The van der Waals surface area contributed by atoms with Crippen LogP contribution in [-0.2, 0) is 23.7 Å². The maximum Gasteiger partial charge on any atom is 0.280 e. The van der Waals surface area contributed by atoms with Crippen molar-refractivity contribution in [1.82, 2.24) is 9.36 Å². The van der Waals surface area contributed by atoms with Crippen molar-refractivity contribution in [3.8, 4) is 0 Å². The summed E-state index contributed by atoms with van der Waals surface area (Å²) in [6, 6.07) is 6.88. The van der Waals surface area contributed by atoms with Crippen molar-refractivity contribution in [2.24, 2.45) is 12.0 Å². The van der Waals surface area contributed by atoms with Crippen LogP contribution in [0.5, 0.6) is 0 Å². The lowest BCUT2D eigenvalue weighted by molar-refractivity contribution is 0.0994. The molecule has 0 bridgehead atoms. The summed E-state index contributed by atoms with van der Waals surface area (Å²) in [6.07, 6.45) is 0. The van der Waals surface area contributed by atoms with Crippen LogP contribution in [0.25, 0.3) is 0 Å². The molecule has 0 saturated carbocycles. The van der Waals surface area contributed by atoms with Crippen LogP contribution in [0.2, 0.25) is 10.0 Å². The van der Waals surface area contributed by atoms with E-state index in [0.29, 0.717) is 30.3 Å². The van der Waals surface area contributed by atoms with E-state index in [2.05, 4.69) is 25.8 Å². The van der Waals surface area contributed by atoms with Gasteiger partial charge >= 0.3 is 0 Å². The summed E-state index contributed by atoms with van der Waals surface area (Å²) in [5, 5.41) is 0.552. The number of nitrogens with zero attached hydrogens (tertiary/aromatic N) is 3. The van der Waals surface area contributed by atoms with Gasteiger partial charge in [0.1, 0.15) is 0 Å². The molecule has 0 unspecified atom stereocenters. The summed E-state index contributed by atoms with van der Waals surface area (Å²) in [4.78, 5) is 17.0. The molecule has 0 aliphatic carbocycles. The van der Waals surface area contributed by atoms with Gasteiger partial charge in [0, 0.05) is 30.8 Å². The van der Waals surface area contributed by atoms with Crippen molar-refractivity contribution in [2.45, 2.75) is 39.7 Å². The smallest absolute Gasteiger partial charge is 0.280 e. The highest BCUT2D eigenvalue weighted by Crippen LogP contribution is 2.26. The van der Waals surface area contributed by atoms with Crippen LogP contribution in [0, 0.1) is 0 Å². The highest BCUT2D eigenvalue weighted by atomic mass is 35.5. The number of aromatic nitrogens is 2. The molecule has 2 rings (SSSR count). The maximum absolute atomic E-state index is 12.7. The molecule has 0 aliphatic heterocycles. The first-order chi connectivity index (χ1) is 12.2. The van der Waals surface area contributed by atoms with Gasteiger partial charge in [-0.15, -0.1) is 0 Å². The Kier molecular flexibility index (Phi) is 6.72. The fourth-order valence-corrected chi connectivity index (χ4v) is 3.14. The summed E-state index contributed by atoms with van der Waals surface area (Å²) >= 11 is 12.2. The van der Waals surface area contributed by atoms with Gasteiger partial charge in [0.25, 0.3) is 5.91 Å². The molecule has 5 nitrogen and oxygen atoms in total. The van der Waals surface area contributed by atoms with Crippen LogP contribution in [0.15, 0.2) is 29.3 Å². The molecular formula is C19H25Cl2N3O2. The average molecular weight is 398 g/mol. The van der Waals surface area contributed by atoms with Crippen molar-refractivity contribution >= 4 is 29.1 Å². The first-order valence-electron chi connectivity index (χ1n) is 8.55. The number of rotatable bonds is 5. The molecule has 0 N–H and O–H groups in total. The minimum absolute atomic E-state index is 0.0906. The maximum atomic E-state index is 12.7. The van der Waals surface area contributed by atoms with E-state index in [4.69, 9.17) is 27.9 Å². The second-order valence-corrected chi connectivity index (χ2v) is 7.78. The van der Waals surface area contributed by atoms with E-state index in [0.717, 1.165) is 5.69 Å². The molecule has 2 aromatic rings. The predicted octanol–water partition coefficient (Wildman–Crippen LogP) is 4.21. The minimum Gasteiger partial charge on any atom is -0.380 e. The van der Waals surface area contributed by atoms with Gasteiger partial charge in [-0.3, -0.25) is 14.2 Å². The van der Waals surface area contributed by atoms with Gasteiger partial charge in [0.15, 0.2) is 5.49 Å². The molecule has 0 atom stereocenters. The molecule has 0 spiro atoms. The van der Waals surface area contributed by atoms with Gasteiger partial charge in [0.05, 0.1) is 28.8 Å². The van der Waals surface area contributed by atoms with E-state index in [1.165, 1.54) is 0 Å². The van der Waals surface area contributed by atoms with Crippen molar-refractivity contribution in [3.63, 3.8) is 0 Å². The Hall–Kier alpha value is -1.56. The number of benzene rings is 1. The highest BCUT2D eigenvalue weighted by Gasteiger charge is 2.21. The summed E-state index contributed by atoms with van der Waals surface area (Å²) in [5.74, 6) is -0.422. The van der Waals surface area contributed by atoms with Gasteiger partial charge in [0.2, 0.25) is 0 Å². The normalized spacial score (nSPS) is 12.7. The number of amides is 1. The fourth-order valence-electron chi connectivity index (χ4n) is 2.76. The van der Waals surface area contributed by atoms with Gasteiger partial charge < -0.3 is 4.74 Å². The molecule has 26 heavy (non-hydrogen) atoms. The fraction of sp³-hybridized carbons (Fsp3) is 0.474. The first-order valence-corrected chi connectivity index (χ1v) is 9.30. The minimum atomic E-state index is -0.422. The monoisotopic (exact) mass is 397 g/mol. The Morgan fingerprint density at radius 3 is 2.58 bits per heavy atom. The second kappa shape index (κ2) is 8.42. The molecule has 0 fully saturated rings. The van der Waals surface area contributed by atoms with Crippen molar-refractivity contribution < 1.29 is 9.53 Å². The van der Waals surface area contributed by atoms with Crippen molar-refractivity contribution in [1.29, 1.82) is 0 Å². The zero-order chi connectivity index (χ0) is 19.5. The van der Waals surface area contributed by atoms with Crippen LogP contribution in [0.3, 0.4) is 0 Å². The van der Waals surface area contributed by atoms with E-state index in [-0.39, 0.29) is 16.0 Å². The summed E-state index contributed by atoms with van der Waals surface area (Å²) in [5.41, 5.74) is 1.83. The number of hydrogen-bond donors (Lipinski definition) is 0. The standard InChI is InChI=1S/C19H25Cl2N3O2/c1-6-26-11-10-24-16(12-15(23(24)5)19(2,3)4)22-18(25)13-8-7-9-14(20)17(13)21/h7-9,12H,6,10-11H2,1-5H3. The van der Waals surface area contributed by atoms with Crippen molar-refractivity contribution in [2.75, 3.05) is 13.2 Å². The van der Waals surface area contributed by atoms with E-state index in [9.17, 15) is 4.79 Å². The number of hydrogen-bond acceptors (Lipinski definition) is 2. The molecule has 1 aromatic heterocycles. The Bertz CT molecular complexity index is 861. The zero-order valence-corrected chi connectivity index (χ0v) is 17.4. The molecule has 1 amide bonds.